The molecule has 4 aromatic rings. The van der Waals surface area contributed by atoms with Crippen molar-refractivity contribution in [2.75, 3.05) is 12.4 Å². The zero-order valence-corrected chi connectivity index (χ0v) is 18.9. The number of carbonyl (C=O) groups excluding carboxylic acids is 1. The van der Waals surface area contributed by atoms with Gasteiger partial charge in [0.1, 0.15) is 12.3 Å². The van der Waals surface area contributed by atoms with Gasteiger partial charge in [0.05, 0.1) is 13.7 Å². The first-order valence-electron chi connectivity index (χ1n) is 9.96. The number of Topliss-reactive ketones (excluding diaryl/α,β-unsaturated/α-hetero) is 1. The third-order valence-electron chi connectivity index (χ3n) is 4.92. The lowest BCUT2D eigenvalue weighted by Gasteiger charge is -2.08. The predicted molar refractivity (Wildman–Crippen MR) is 128 cm³/mol. The zero-order valence-electron chi connectivity index (χ0n) is 17.4. The Morgan fingerprint density at radius 1 is 1.03 bits per heavy atom. The molecule has 8 heteroatoms. The quantitative estimate of drug-likeness (QED) is 0.273. The van der Waals surface area contributed by atoms with Crippen molar-refractivity contribution in [2.45, 2.75) is 13.1 Å². The summed E-state index contributed by atoms with van der Waals surface area (Å²) in [6, 6.07) is 24.2. The van der Waals surface area contributed by atoms with Crippen LogP contribution in [0.15, 0.2) is 78.9 Å². The summed E-state index contributed by atoms with van der Waals surface area (Å²) in [5.41, 5.74) is 2.36. The van der Waals surface area contributed by atoms with Gasteiger partial charge in [0, 0.05) is 22.0 Å². The average Bonchev–Trinajstić information content (AvgIpc) is 3.14. The van der Waals surface area contributed by atoms with Gasteiger partial charge in [-0.2, -0.15) is 5.10 Å². The van der Waals surface area contributed by atoms with E-state index in [1.54, 1.807) is 36.1 Å². The Balaban J connectivity index is 1.63. The number of hydrogen-bond acceptors (Lipinski definition) is 5. The van der Waals surface area contributed by atoms with Gasteiger partial charge in [-0.15, -0.1) is 0 Å². The van der Waals surface area contributed by atoms with Gasteiger partial charge in [0.25, 0.3) is 0 Å². The summed E-state index contributed by atoms with van der Waals surface area (Å²) >= 11 is 11.7. The van der Waals surface area contributed by atoms with Gasteiger partial charge in [0.15, 0.2) is 11.6 Å². The second-order valence-electron chi connectivity index (χ2n) is 7.04. The number of nitrogens with zero attached hydrogens (tertiary/aromatic N) is 3. The number of aromatic nitrogens is 3. The van der Waals surface area contributed by atoms with Crippen LogP contribution in [0.2, 0.25) is 5.02 Å². The van der Waals surface area contributed by atoms with E-state index in [4.69, 9.17) is 28.6 Å². The molecule has 0 atom stereocenters. The summed E-state index contributed by atoms with van der Waals surface area (Å²) in [4.78, 5) is 12.8. The summed E-state index contributed by atoms with van der Waals surface area (Å²) in [6.07, 6.45) is 0. The number of rotatable bonds is 8. The van der Waals surface area contributed by atoms with Crippen molar-refractivity contribution in [3.8, 4) is 11.4 Å². The molecule has 6 nitrogen and oxygen atoms in total. The molecule has 0 fully saturated rings. The van der Waals surface area contributed by atoms with Crippen molar-refractivity contribution in [3.05, 3.63) is 100 Å². The molecule has 0 saturated heterocycles. The highest BCUT2D eigenvalue weighted by Crippen LogP contribution is 2.18. The van der Waals surface area contributed by atoms with Crippen LogP contribution in [0.3, 0.4) is 0 Å². The van der Waals surface area contributed by atoms with Gasteiger partial charge in [-0.1, -0.05) is 29.8 Å². The molecule has 0 bridgehead atoms. The fourth-order valence-electron chi connectivity index (χ4n) is 3.26. The summed E-state index contributed by atoms with van der Waals surface area (Å²) in [5, 5.41) is 8.67. The number of anilines is 1. The number of para-hydroxylation sites is 1. The van der Waals surface area contributed by atoms with E-state index in [1.165, 1.54) is 0 Å². The zero-order chi connectivity index (χ0) is 22.5. The van der Waals surface area contributed by atoms with Crippen molar-refractivity contribution in [1.29, 1.82) is 0 Å². The van der Waals surface area contributed by atoms with Gasteiger partial charge in [-0.25, -0.2) is 4.68 Å². The molecule has 4 rings (SSSR count). The van der Waals surface area contributed by atoms with Crippen molar-refractivity contribution in [2.24, 2.45) is 0 Å². The maximum absolute atomic E-state index is 12.8. The SMILES string of the molecule is COc1ccc(C(=O)Cn2nc(CNc3ccc(Cl)cc3)n(-c3ccccc3)c2=S)cc1. The van der Waals surface area contributed by atoms with E-state index in [2.05, 4.69) is 10.4 Å². The highest BCUT2D eigenvalue weighted by Gasteiger charge is 2.16. The van der Waals surface area contributed by atoms with Crippen molar-refractivity contribution in [1.82, 2.24) is 14.3 Å². The highest BCUT2D eigenvalue weighted by atomic mass is 35.5. The van der Waals surface area contributed by atoms with E-state index in [9.17, 15) is 4.79 Å². The number of carbonyl (C=O) groups is 1. The van der Waals surface area contributed by atoms with Crippen LogP contribution in [0.25, 0.3) is 5.69 Å². The first-order valence-corrected chi connectivity index (χ1v) is 10.7. The fraction of sp³-hybridized carbons (Fsp3) is 0.125. The van der Waals surface area contributed by atoms with Gasteiger partial charge in [-0.05, 0) is 72.9 Å². The van der Waals surface area contributed by atoms with Crippen molar-refractivity contribution in [3.63, 3.8) is 0 Å². The van der Waals surface area contributed by atoms with Crippen LogP contribution in [0.1, 0.15) is 16.2 Å². The molecule has 0 saturated carbocycles. The Morgan fingerprint density at radius 2 is 1.72 bits per heavy atom. The molecule has 0 aliphatic rings. The van der Waals surface area contributed by atoms with Crippen LogP contribution in [-0.2, 0) is 13.1 Å². The monoisotopic (exact) mass is 464 g/mol. The van der Waals surface area contributed by atoms with Crippen LogP contribution in [-0.4, -0.2) is 27.2 Å². The number of ether oxygens (including phenoxy) is 1. The Morgan fingerprint density at radius 3 is 2.38 bits per heavy atom. The molecule has 1 aromatic heterocycles. The summed E-state index contributed by atoms with van der Waals surface area (Å²) in [6.45, 7) is 0.461. The normalized spacial score (nSPS) is 10.7. The van der Waals surface area contributed by atoms with Gasteiger partial charge >= 0.3 is 0 Å². The lowest BCUT2D eigenvalue weighted by molar-refractivity contribution is 0.0967. The molecule has 3 aromatic carbocycles. The third kappa shape index (κ3) is 4.90. The smallest absolute Gasteiger partial charge is 0.203 e. The molecule has 32 heavy (non-hydrogen) atoms. The first kappa shape index (κ1) is 21.8. The Bertz CT molecular complexity index is 1270. The Kier molecular flexibility index (Phi) is 6.68. The topological polar surface area (TPSA) is 61.1 Å². The molecule has 0 radical (unpaired) electrons. The van der Waals surface area contributed by atoms with Crippen LogP contribution in [0.5, 0.6) is 5.75 Å². The molecule has 0 amide bonds. The van der Waals surface area contributed by atoms with Gasteiger partial charge in [-0.3, -0.25) is 9.36 Å². The highest BCUT2D eigenvalue weighted by molar-refractivity contribution is 7.71. The fourth-order valence-corrected chi connectivity index (χ4v) is 3.70. The van der Waals surface area contributed by atoms with E-state index in [-0.39, 0.29) is 12.3 Å². The second kappa shape index (κ2) is 9.80. The summed E-state index contributed by atoms with van der Waals surface area (Å²) in [7, 11) is 1.59. The number of methoxy groups -OCH3 is 1. The molecule has 1 heterocycles. The van der Waals surface area contributed by atoms with Gasteiger partial charge < -0.3 is 10.1 Å². The largest absolute Gasteiger partial charge is 0.497 e. The van der Waals surface area contributed by atoms with E-state index in [0.717, 1.165) is 11.4 Å². The number of hydrogen-bond donors (Lipinski definition) is 1. The van der Waals surface area contributed by atoms with E-state index < -0.39 is 0 Å². The molecule has 0 aliphatic heterocycles. The lowest BCUT2D eigenvalue weighted by atomic mass is 10.1. The molecule has 0 aliphatic carbocycles. The lowest BCUT2D eigenvalue weighted by Crippen LogP contribution is -2.12. The van der Waals surface area contributed by atoms with Crippen LogP contribution in [0, 0.1) is 4.77 Å². The first-order chi connectivity index (χ1) is 15.5. The van der Waals surface area contributed by atoms with E-state index in [0.29, 0.717) is 33.5 Å². The standard InChI is InChI=1S/C24H21ClN4O2S/c1-31-21-13-7-17(8-14-21)22(30)16-28-24(32)29(20-5-3-2-4-6-20)23(27-28)15-26-19-11-9-18(25)10-12-19/h2-14,26H,15-16H2,1H3. The molecule has 0 unspecified atom stereocenters. The van der Waals surface area contributed by atoms with Crippen molar-refractivity contribution < 1.29 is 9.53 Å². The summed E-state index contributed by atoms with van der Waals surface area (Å²) < 4.78 is 9.05. The number of ketones is 1. The Labute approximate surface area is 196 Å². The molecular weight excluding hydrogens is 444 g/mol. The molecule has 0 spiro atoms. The Hall–Kier alpha value is -3.42. The van der Waals surface area contributed by atoms with E-state index in [1.807, 2.05) is 59.2 Å². The van der Waals surface area contributed by atoms with Crippen LogP contribution >= 0.6 is 23.8 Å². The molecule has 162 valence electrons. The minimum atomic E-state index is -0.0846. The van der Waals surface area contributed by atoms with Gasteiger partial charge in [0.2, 0.25) is 4.77 Å². The van der Waals surface area contributed by atoms with Crippen LogP contribution in [0.4, 0.5) is 5.69 Å². The maximum atomic E-state index is 12.8. The number of halogens is 1. The summed E-state index contributed by atoms with van der Waals surface area (Å²) in [5.74, 6) is 1.31. The minimum Gasteiger partial charge on any atom is -0.497 e. The number of benzene rings is 3. The number of nitrogens with one attached hydrogen (secondary N) is 1. The van der Waals surface area contributed by atoms with Crippen LogP contribution < -0.4 is 10.1 Å². The predicted octanol–water partition coefficient (Wildman–Crippen LogP) is 5.56. The third-order valence-corrected chi connectivity index (χ3v) is 5.57. The van der Waals surface area contributed by atoms with E-state index >= 15 is 0 Å². The second-order valence-corrected chi connectivity index (χ2v) is 7.84. The molecular formula is C24H21ClN4O2S. The average molecular weight is 465 g/mol. The maximum Gasteiger partial charge on any atom is 0.203 e. The minimum absolute atomic E-state index is 0.0406. The van der Waals surface area contributed by atoms with Crippen molar-refractivity contribution >= 4 is 35.3 Å². The molecule has 1 N–H and O–H groups in total.